The van der Waals surface area contributed by atoms with E-state index in [0.717, 1.165) is 0 Å². The number of nitrogens with one attached hydrogen (secondary N) is 3. The summed E-state index contributed by atoms with van der Waals surface area (Å²) >= 11 is 0. The number of carbonyl (C=O) groups excluding carboxylic acids is 1. The van der Waals surface area contributed by atoms with Crippen LogP contribution >= 0.6 is 0 Å². The number of nitrogens with zero attached hydrogens (tertiary/aromatic N) is 1. The van der Waals surface area contributed by atoms with Crippen LogP contribution in [0.3, 0.4) is 0 Å². The summed E-state index contributed by atoms with van der Waals surface area (Å²) in [5.41, 5.74) is 1.79. The summed E-state index contributed by atoms with van der Waals surface area (Å²) in [5, 5.41) is 11.4. The van der Waals surface area contributed by atoms with Crippen LogP contribution in [0, 0.1) is 5.95 Å². The maximum atomic E-state index is 14.4. The van der Waals surface area contributed by atoms with Gasteiger partial charge in [0.15, 0.2) is 5.76 Å². The van der Waals surface area contributed by atoms with E-state index in [4.69, 9.17) is 8.92 Å². The van der Waals surface area contributed by atoms with Gasteiger partial charge >= 0.3 is 16.6 Å². The lowest BCUT2D eigenvalue weighted by Crippen LogP contribution is -2.26. The minimum Gasteiger partial charge on any atom is -0.492 e. The predicted molar refractivity (Wildman–Crippen MR) is 156 cm³/mol. The summed E-state index contributed by atoms with van der Waals surface area (Å²) in [4.78, 5) is 11.8. The highest BCUT2D eigenvalue weighted by atomic mass is 32.3. The first-order chi connectivity index (χ1) is 21.4. The Morgan fingerprint density at radius 3 is 2.38 bits per heavy atom. The van der Waals surface area contributed by atoms with Gasteiger partial charge in [0.25, 0.3) is 11.7 Å². The van der Waals surface area contributed by atoms with Crippen LogP contribution in [-0.2, 0) is 23.6 Å². The smallest absolute Gasteiger partial charge is 0.492 e. The first-order valence-electron chi connectivity index (χ1n) is 13.5. The van der Waals surface area contributed by atoms with Gasteiger partial charge in [-0.1, -0.05) is 48.5 Å². The highest BCUT2D eigenvalue weighted by Crippen LogP contribution is 2.40. The van der Waals surface area contributed by atoms with Gasteiger partial charge < -0.3 is 23.7 Å². The number of halogens is 4. The third kappa shape index (κ3) is 7.61. The predicted octanol–water partition coefficient (Wildman–Crippen LogP) is 4.83. The molecule has 1 aromatic heterocycles. The van der Waals surface area contributed by atoms with Gasteiger partial charge in [0.2, 0.25) is 5.95 Å². The molecule has 0 atom stereocenters. The third-order valence-corrected chi connectivity index (χ3v) is 7.42. The molecule has 3 aromatic carbocycles. The zero-order valence-electron chi connectivity index (χ0n) is 23.6. The van der Waals surface area contributed by atoms with Crippen molar-refractivity contribution in [3.63, 3.8) is 0 Å². The van der Waals surface area contributed by atoms with Crippen LogP contribution in [0.2, 0.25) is 0 Å². The molecule has 0 unspecified atom stereocenters. The number of fused-ring (bicyclic) bond motifs is 1. The van der Waals surface area contributed by atoms with Crippen molar-refractivity contribution in [3.05, 3.63) is 107 Å². The lowest BCUT2D eigenvalue weighted by molar-refractivity contribution is -0.123. The molecule has 0 spiro atoms. The van der Waals surface area contributed by atoms with Crippen molar-refractivity contribution in [3.8, 4) is 5.75 Å². The number of rotatable bonds is 11. The number of aromatic amines is 1. The molecule has 4 aromatic rings. The molecular formula is C30H26F4N4O6S. The van der Waals surface area contributed by atoms with Gasteiger partial charge in [-0.25, -0.2) is 0 Å². The number of alkyl halides is 3. The van der Waals surface area contributed by atoms with Gasteiger partial charge in [-0.15, -0.1) is 8.42 Å². The average molecular weight is 647 g/mol. The topological polar surface area (TPSA) is 132 Å². The second-order valence-corrected chi connectivity index (χ2v) is 10.9. The van der Waals surface area contributed by atoms with E-state index >= 15 is 0 Å². The Hall–Kier alpha value is -4.89. The molecule has 236 valence electrons. The van der Waals surface area contributed by atoms with Crippen LogP contribution < -0.4 is 15.4 Å². The maximum Gasteiger partial charge on any atom is 0.501 e. The van der Waals surface area contributed by atoms with Crippen LogP contribution in [0.25, 0.3) is 22.0 Å². The van der Waals surface area contributed by atoms with E-state index in [1.54, 1.807) is 60.7 Å². The fourth-order valence-electron chi connectivity index (χ4n) is 4.70. The number of amides is 1. The Balaban J connectivity index is 1.38. The molecule has 10 nitrogen and oxygen atoms in total. The number of hydrogen-bond acceptors (Lipinski definition) is 8. The van der Waals surface area contributed by atoms with Crippen LogP contribution in [0.1, 0.15) is 23.1 Å². The average Bonchev–Trinajstić information content (AvgIpc) is 3.54. The largest absolute Gasteiger partial charge is 0.501 e. The maximum absolute atomic E-state index is 14.4. The summed E-state index contributed by atoms with van der Waals surface area (Å²) in [6, 6.07) is 19.2. The fourth-order valence-corrected chi connectivity index (χ4v) is 5.49. The van der Waals surface area contributed by atoms with Crippen LogP contribution in [0.5, 0.6) is 5.75 Å². The summed E-state index contributed by atoms with van der Waals surface area (Å²) in [6.45, 7) is 0.181. The van der Waals surface area contributed by atoms with Gasteiger partial charge in [-0.3, -0.25) is 9.89 Å². The van der Waals surface area contributed by atoms with Crippen LogP contribution in [-0.4, -0.2) is 57.4 Å². The normalized spacial score (nSPS) is 15.0. The summed E-state index contributed by atoms with van der Waals surface area (Å²) in [5.74, 6) is -1.74. The summed E-state index contributed by atoms with van der Waals surface area (Å²) in [7, 11) is -3.05. The molecule has 1 aliphatic heterocycles. The Morgan fingerprint density at radius 2 is 1.69 bits per heavy atom. The van der Waals surface area contributed by atoms with Crippen molar-refractivity contribution in [1.82, 2.24) is 20.8 Å². The first-order valence-corrected chi connectivity index (χ1v) is 14.8. The van der Waals surface area contributed by atoms with Crippen LogP contribution in [0.4, 0.5) is 17.6 Å². The number of ether oxygens (including phenoxy) is 1. The number of aromatic nitrogens is 2. The molecule has 15 heteroatoms. The van der Waals surface area contributed by atoms with E-state index in [0.29, 0.717) is 28.0 Å². The second kappa shape index (κ2) is 13.0. The Kier molecular flexibility index (Phi) is 9.11. The van der Waals surface area contributed by atoms with Crippen molar-refractivity contribution >= 4 is 38.4 Å². The quantitative estimate of drug-likeness (QED) is 0.120. The zero-order valence-corrected chi connectivity index (χ0v) is 24.4. The number of benzene rings is 3. The Bertz CT molecular complexity index is 1870. The summed E-state index contributed by atoms with van der Waals surface area (Å²) in [6.07, 6.45) is -5.76. The van der Waals surface area contributed by atoms with E-state index in [9.17, 15) is 30.8 Å². The highest BCUT2D eigenvalue weighted by Gasteiger charge is 2.35. The molecule has 0 saturated carbocycles. The molecule has 45 heavy (non-hydrogen) atoms. The molecule has 5 rings (SSSR count). The molecule has 0 bridgehead atoms. The Morgan fingerprint density at radius 1 is 0.978 bits per heavy atom. The lowest BCUT2D eigenvalue weighted by atomic mass is 9.87. The number of likely N-dealkylation sites (N-methyl/N-ethyl adjacent to an activating group) is 1. The van der Waals surface area contributed by atoms with E-state index in [1.807, 2.05) is 0 Å². The first kappa shape index (κ1) is 31.5. The molecule has 0 fully saturated rings. The molecule has 0 radical (unpaired) electrons. The van der Waals surface area contributed by atoms with Crippen molar-refractivity contribution in [2.24, 2.45) is 0 Å². The van der Waals surface area contributed by atoms with Gasteiger partial charge in [0.05, 0.1) is 23.9 Å². The van der Waals surface area contributed by atoms with E-state index in [1.165, 1.54) is 19.2 Å². The fraction of sp³-hybridized carbons (Fsp3) is 0.200. The van der Waals surface area contributed by atoms with Gasteiger partial charge in [-0.2, -0.15) is 22.7 Å². The molecule has 2 heterocycles. The molecular weight excluding hydrogens is 620 g/mol. The monoisotopic (exact) mass is 646 g/mol. The number of hydrogen-bond donors (Lipinski definition) is 3. The van der Waals surface area contributed by atoms with Crippen LogP contribution in [0.15, 0.2) is 84.3 Å². The molecule has 3 N–H and O–H groups in total. The van der Waals surface area contributed by atoms with Gasteiger partial charge in [-0.05, 0) is 52.1 Å². The Labute approximate surface area is 255 Å². The molecule has 0 aliphatic carbocycles. The van der Waals surface area contributed by atoms with Gasteiger partial charge in [0.1, 0.15) is 12.4 Å². The zero-order chi connectivity index (χ0) is 32.2. The third-order valence-electron chi connectivity index (χ3n) is 6.65. The highest BCUT2D eigenvalue weighted by molar-refractivity contribution is 7.82. The van der Waals surface area contributed by atoms with Crippen molar-refractivity contribution in [1.29, 1.82) is 0 Å². The number of carbonyl (C=O) groups is 1. The SMILES string of the molecule is CNC(=O)C1=C(CNCCOc2ccc(/C(=C(/CC(F)(F)F)c3ccccc3)c3ccc4n[nH]c(F)c4c3)cc2)OS(=O)(=O)O1. The summed E-state index contributed by atoms with van der Waals surface area (Å²) < 4.78 is 94.3. The second-order valence-electron chi connectivity index (χ2n) is 9.74. The number of allylic oxidation sites excluding steroid dienone is 1. The van der Waals surface area contributed by atoms with E-state index < -0.39 is 40.6 Å². The lowest BCUT2D eigenvalue weighted by Gasteiger charge is -2.19. The van der Waals surface area contributed by atoms with Crippen molar-refractivity contribution in [2.75, 3.05) is 26.7 Å². The van der Waals surface area contributed by atoms with Gasteiger partial charge in [0, 0.05) is 13.6 Å². The minimum atomic E-state index is -4.53. The van der Waals surface area contributed by atoms with Crippen molar-refractivity contribution < 1.29 is 43.9 Å². The molecule has 1 amide bonds. The van der Waals surface area contributed by atoms with E-state index in [2.05, 4.69) is 25.0 Å². The molecule has 0 saturated heterocycles. The van der Waals surface area contributed by atoms with Crippen molar-refractivity contribution in [2.45, 2.75) is 12.6 Å². The van der Waals surface area contributed by atoms with E-state index in [-0.39, 0.29) is 42.0 Å². The number of H-pyrrole nitrogens is 1. The minimum absolute atomic E-state index is 0.00905. The molecule has 1 aliphatic rings. The standard InChI is InChI=1S/C30H26F4N4O6S/c1-35-29(39)27-25(43-45(40,41)44-27)17-36-13-14-42-21-10-7-19(8-11-21)26(20-9-12-24-22(15-20)28(31)38-37-24)23(16-30(32,33)34)18-5-3-2-4-6-18/h2-12,15,36H,13-14,16-17H2,1H3,(H,35,39)(H,37,38)/b26-23+.